The van der Waals surface area contributed by atoms with Crippen molar-refractivity contribution >= 4 is 14.4 Å². The Morgan fingerprint density at radius 2 is 1.59 bits per heavy atom. The third-order valence-corrected chi connectivity index (χ3v) is 12.5. The summed E-state index contributed by atoms with van der Waals surface area (Å²) in [6.45, 7) is 8.47. The average Bonchev–Trinajstić information content (AvgIpc) is 3.68. The second-order valence-corrected chi connectivity index (χ2v) is 16.6. The number of amides is 1. The summed E-state index contributed by atoms with van der Waals surface area (Å²) < 4.78 is 41.8. The van der Waals surface area contributed by atoms with Crippen LogP contribution in [-0.4, -0.2) is 78.4 Å². The minimum atomic E-state index is -1.75. The van der Waals surface area contributed by atoms with Gasteiger partial charge in [0.15, 0.2) is 0 Å². The number of nitrogens with one attached hydrogen (secondary N) is 2. The van der Waals surface area contributed by atoms with E-state index in [0.29, 0.717) is 24.3 Å². The van der Waals surface area contributed by atoms with Crippen LogP contribution in [0.15, 0.2) is 94.6 Å². The maximum Gasteiger partial charge on any atom is 0.330 e. The molecule has 0 radical (unpaired) electrons. The summed E-state index contributed by atoms with van der Waals surface area (Å²) in [5.41, 5.74) is -0.000845. The molecule has 1 fully saturated rings. The van der Waals surface area contributed by atoms with Gasteiger partial charge in [-0.15, -0.1) is 6.42 Å². The van der Waals surface area contributed by atoms with Gasteiger partial charge in [-0.1, -0.05) is 72.4 Å². The Kier molecular flexibility index (Phi) is 18.1. The molecule has 4 aromatic rings. The van der Waals surface area contributed by atoms with Crippen LogP contribution in [0.2, 0.25) is 0 Å². The zero-order chi connectivity index (χ0) is 45.4. The fourth-order valence-electron chi connectivity index (χ4n) is 7.35. The van der Waals surface area contributed by atoms with Gasteiger partial charge in [-0.2, -0.15) is 5.26 Å². The predicted octanol–water partition coefficient (Wildman–Crippen LogP) is 6.78. The van der Waals surface area contributed by atoms with Gasteiger partial charge in [0.2, 0.25) is 5.91 Å². The van der Waals surface area contributed by atoms with Crippen LogP contribution in [0.3, 0.4) is 0 Å². The van der Waals surface area contributed by atoms with Crippen LogP contribution < -0.4 is 26.0 Å². The number of terminal acetylenes is 1. The van der Waals surface area contributed by atoms with Gasteiger partial charge in [0.25, 0.3) is 14.1 Å². The Morgan fingerprint density at radius 3 is 2.16 bits per heavy atom. The molecule has 1 aliphatic heterocycles. The smallest absolute Gasteiger partial charge is 0.330 e. The van der Waals surface area contributed by atoms with Crippen LogP contribution in [0.5, 0.6) is 11.5 Å². The third kappa shape index (κ3) is 12.5. The lowest BCUT2D eigenvalue weighted by Gasteiger charge is -2.39. The number of ether oxygens (including phenoxy) is 4. The zero-order valence-electron chi connectivity index (χ0n) is 36.7. The molecule has 0 spiro atoms. The van der Waals surface area contributed by atoms with E-state index in [0.717, 1.165) is 16.7 Å². The van der Waals surface area contributed by atoms with Gasteiger partial charge in [0.05, 0.1) is 52.6 Å². The molecule has 63 heavy (non-hydrogen) atoms. The number of carbonyl (C=O) groups is 1. The highest BCUT2D eigenvalue weighted by Crippen LogP contribution is 2.50. The van der Waals surface area contributed by atoms with Crippen molar-refractivity contribution in [3.8, 4) is 41.8 Å². The number of aromatic amines is 1. The van der Waals surface area contributed by atoms with Gasteiger partial charge < -0.3 is 33.3 Å². The Morgan fingerprint density at radius 1 is 0.968 bits per heavy atom. The van der Waals surface area contributed by atoms with E-state index < -0.39 is 43.8 Å². The molecule has 14 nitrogen and oxygen atoms in total. The minimum Gasteiger partial charge on any atom is -0.497 e. The Labute approximate surface area is 370 Å². The topological polar surface area (TPSA) is 166 Å². The molecule has 1 saturated heterocycles. The van der Waals surface area contributed by atoms with Crippen molar-refractivity contribution in [3.63, 3.8) is 0 Å². The van der Waals surface area contributed by atoms with Crippen LogP contribution >= 0.6 is 8.53 Å². The lowest BCUT2D eigenvalue weighted by molar-refractivity contribution is -0.120. The van der Waals surface area contributed by atoms with Crippen LogP contribution in [0, 0.1) is 35.5 Å². The van der Waals surface area contributed by atoms with Crippen molar-refractivity contribution in [2.24, 2.45) is 0 Å². The molecule has 1 amide bonds. The number of rotatable bonds is 21. The molecule has 0 bridgehead atoms. The Bertz CT molecular complexity index is 2310. The van der Waals surface area contributed by atoms with Crippen molar-refractivity contribution in [1.29, 1.82) is 5.26 Å². The van der Waals surface area contributed by atoms with Gasteiger partial charge in [0.1, 0.15) is 35.0 Å². The number of aromatic nitrogens is 2. The van der Waals surface area contributed by atoms with Gasteiger partial charge >= 0.3 is 5.69 Å². The van der Waals surface area contributed by atoms with Gasteiger partial charge in [-0.05, 0) is 75.1 Å². The first-order chi connectivity index (χ1) is 30.4. The molecular weight excluding hydrogens is 822 g/mol. The number of nitriles is 1. The summed E-state index contributed by atoms with van der Waals surface area (Å²) in [7, 11) is 1.48. The lowest BCUT2D eigenvalue weighted by atomic mass is 9.80. The van der Waals surface area contributed by atoms with Crippen molar-refractivity contribution in [1.82, 2.24) is 19.5 Å². The summed E-state index contributed by atoms with van der Waals surface area (Å²) in [5.74, 6) is 9.33. The van der Waals surface area contributed by atoms with Crippen molar-refractivity contribution in [3.05, 3.63) is 128 Å². The molecule has 1 aromatic heterocycles. The quantitative estimate of drug-likeness (QED) is 0.0392. The van der Waals surface area contributed by atoms with E-state index in [-0.39, 0.29) is 62.6 Å². The number of methoxy groups -OCH3 is 2. The van der Waals surface area contributed by atoms with E-state index in [1.165, 1.54) is 10.8 Å². The van der Waals surface area contributed by atoms with E-state index in [2.05, 4.69) is 66.5 Å². The van der Waals surface area contributed by atoms with Gasteiger partial charge in [-0.25, -0.2) is 9.46 Å². The predicted molar refractivity (Wildman–Crippen MR) is 241 cm³/mol. The van der Waals surface area contributed by atoms with Gasteiger partial charge in [0, 0.05) is 37.5 Å². The fourth-order valence-corrected chi connectivity index (χ4v) is 9.10. The molecular formula is C48H56N5O9P. The molecule has 1 unspecified atom stereocenters. The molecule has 2 heterocycles. The first kappa shape index (κ1) is 48.3. The standard InChI is InChI=1S/C48H56N5O9P/c1-8-29-50-44(54)19-14-9-11-16-36-32-52(47(56)51-46(36)55)45-31-42(62-63(60-30-15-28-49)53(34(2)3)35(4)5)43(61-45)33-59-48(37-17-12-10-13-18-37,38-20-24-40(57-6)25-21-38)39-22-26-41(58-7)27-23-39/h1,10,12-13,17-18,20-27,32,34-35,42-43,45H,9,14-15,19,29-31,33H2,2-7H3,(H,50,54)(H,51,55,56)/t42-,43+,45+,63?/m0/s1. The lowest BCUT2D eigenvalue weighted by Crippen LogP contribution is -2.39. The Hall–Kier alpha value is -5.75. The number of carbonyl (C=O) groups excluding carboxylic acids is 1. The van der Waals surface area contributed by atoms with E-state index in [9.17, 15) is 19.6 Å². The third-order valence-electron chi connectivity index (χ3n) is 10.3. The monoisotopic (exact) mass is 877 g/mol. The van der Waals surface area contributed by atoms with Crippen molar-refractivity contribution in [2.75, 3.05) is 34.0 Å². The van der Waals surface area contributed by atoms with E-state index in [1.54, 1.807) is 14.2 Å². The summed E-state index contributed by atoms with van der Waals surface area (Å²) in [5, 5.41) is 12.0. The number of hydrogen-bond acceptors (Lipinski definition) is 11. The minimum absolute atomic E-state index is 0.0159. The van der Waals surface area contributed by atoms with Gasteiger partial charge in [-0.3, -0.25) is 19.1 Å². The first-order valence-electron chi connectivity index (χ1n) is 20.9. The van der Waals surface area contributed by atoms with E-state index >= 15 is 0 Å². The number of benzene rings is 3. The first-order valence-corrected chi connectivity index (χ1v) is 22.0. The Balaban J connectivity index is 1.56. The molecule has 3 aromatic carbocycles. The maximum atomic E-state index is 13.6. The fraction of sp³-hybridized carbons (Fsp3) is 0.417. The molecule has 1 aliphatic rings. The molecule has 15 heteroatoms. The summed E-state index contributed by atoms with van der Waals surface area (Å²) in [6, 6.07) is 27.4. The number of hydrogen-bond donors (Lipinski definition) is 2. The van der Waals surface area contributed by atoms with E-state index in [1.807, 2.05) is 78.9 Å². The molecule has 332 valence electrons. The van der Waals surface area contributed by atoms with Crippen LogP contribution in [0.1, 0.15) is 88.3 Å². The highest BCUT2D eigenvalue weighted by molar-refractivity contribution is 7.44. The molecule has 0 aliphatic carbocycles. The second kappa shape index (κ2) is 23.6. The normalized spacial score (nSPS) is 16.5. The summed E-state index contributed by atoms with van der Waals surface area (Å²) in [4.78, 5) is 40.9. The van der Waals surface area contributed by atoms with E-state index in [4.69, 9.17) is 34.4 Å². The van der Waals surface area contributed by atoms with Crippen LogP contribution in [0.4, 0.5) is 0 Å². The SMILES string of the molecule is C#CCNC(=O)CCCC#Cc1cn([C@H]2C[C@H](OP(OCCC#N)N(C(C)C)C(C)C)[C@@H](COC(c3ccccc3)(c3ccc(OC)cc3)c3ccc(OC)cc3)O2)c(=O)[nH]c1=O. The summed E-state index contributed by atoms with van der Waals surface area (Å²) >= 11 is 0. The second-order valence-electron chi connectivity index (χ2n) is 15.2. The summed E-state index contributed by atoms with van der Waals surface area (Å²) in [6.07, 6.45) is 5.57. The molecule has 4 atom stereocenters. The van der Waals surface area contributed by atoms with Crippen molar-refractivity contribution in [2.45, 2.75) is 95.9 Å². The zero-order valence-corrected chi connectivity index (χ0v) is 37.6. The highest BCUT2D eigenvalue weighted by atomic mass is 31.2. The maximum absolute atomic E-state index is 13.6. The average molecular weight is 878 g/mol. The van der Waals surface area contributed by atoms with Crippen molar-refractivity contribution < 1.29 is 32.8 Å². The molecule has 0 saturated carbocycles. The largest absolute Gasteiger partial charge is 0.497 e. The van der Waals surface area contributed by atoms with Crippen LogP contribution in [-0.2, 0) is 28.9 Å². The van der Waals surface area contributed by atoms with Crippen LogP contribution in [0.25, 0.3) is 0 Å². The highest BCUT2D eigenvalue weighted by Gasteiger charge is 2.45. The molecule has 2 N–H and O–H groups in total. The number of H-pyrrole nitrogens is 1. The molecule has 5 rings (SSSR count). The number of nitrogens with zero attached hydrogens (tertiary/aromatic N) is 3. The number of unbranched alkanes of at least 4 members (excludes halogenated alkanes) is 1.